The molecule has 1 rings (SSSR count). The van der Waals surface area contributed by atoms with Crippen LogP contribution in [0.25, 0.3) is 0 Å². The SMILES string of the molecule is CCN(CC)CCCC(C)NC(=NC)NCc1cccnc1N(C)C.I. The number of aromatic nitrogens is 1. The zero-order valence-electron chi connectivity index (χ0n) is 17.2. The lowest BCUT2D eigenvalue weighted by molar-refractivity contribution is 0.292. The third-order valence-corrected chi connectivity index (χ3v) is 4.35. The Labute approximate surface area is 176 Å². The second kappa shape index (κ2) is 14.0. The van der Waals surface area contributed by atoms with Gasteiger partial charge < -0.3 is 20.4 Å². The lowest BCUT2D eigenvalue weighted by atomic mass is 10.2. The predicted octanol–water partition coefficient (Wildman–Crippen LogP) is 2.94. The minimum atomic E-state index is 0. The van der Waals surface area contributed by atoms with Crippen LogP contribution in [0.2, 0.25) is 0 Å². The fraction of sp³-hybridized carbons (Fsp3) is 0.684. The monoisotopic (exact) mass is 476 g/mol. The van der Waals surface area contributed by atoms with Gasteiger partial charge in [0.05, 0.1) is 0 Å². The predicted molar refractivity (Wildman–Crippen MR) is 124 cm³/mol. The molecule has 0 saturated carbocycles. The van der Waals surface area contributed by atoms with E-state index in [0.717, 1.165) is 43.4 Å². The van der Waals surface area contributed by atoms with E-state index >= 15 is 0 Å². The number of rotatable bonds is 10. The number of hydrogen-bond acceptors (Lipinski definition) is 4. The van der Waals surface area contributed by atoms with Gasteiger partial charge >= 0.3 is 0 Å². The van der Waals surface area contributed by atoms with Gasteiger partial charge in [0, 0.05) is 45.5 Å². The fourth-order valence-corrected chi connectivity index (χ4v) is 2.81. The van der Waals surface area contributed by atoms with Crippen molar-refractivity contribution in [1.82, 2.24) is 20.5 Å². The van der Waals surface area contributed by atoms with Gasteiger partial charge in [0.15, 0.2) is 5.96 Å². The summed E-state index contributed by atoms with van der Waals surface area (Å²) in [6, 6.07) is 4.45. The highest BCUT2D eigenvalue weighted by Crippen LogP contribution is 2.13. The van der Waals surface area contributed by atoms with Crippen LogP contribution in [0.4, 0.5) is 5.82 Å². The highest BCUT2D eigenvalue weighted by molar-refractivity contribution is 14.0. The first-order valence-corrected chi connectivity index (χ1v) is 9.32. The number of pyridine rings is 1. The van der Waals surface area contributed by atoms with Gasteiger partial charge in [0.2, 0.25) is 0 Å². The molecule has 0 radical (unpaired) electrons. The highest BCUT2D eigenvalue weighted by atomic mass is 127. The van der Waals surface area contributed by atoms with E-state index in [0.29, 0.717) is 12.6 Å². The Kier molecular flexibility index (Phi) is 13.4. The molecule has 0 fully saturated rings. The lowest BCUT2D eigenvalue weighted by Gasteiger charge is -2.22. The molecular weight excluding hydrogens is 439 g/mol. The summed E-state index contributed by atoms with van der Waals surface area (Å²) in [5, 5.41) is 6.88. The Morgan fingerprint density at radius 2 is 1.96 bits per heavy atom. The molecule has 0 aliphatic rings. The molecule has 0 amide bonds. The zero-order valence-corrected chi connectivity index (χ0v) is 19.6. The molecule has 0 spiro atoms. The third kappa shape index (κ3) is 9.02. The fourth-order valence-electron chi connectivity index (χ4n) is 2.81. The Morgan fingerprint density at radius 1 is 1.27 bits per heavy atom. The molecule has 7 heteroatoms. The van der Waals surface area contributed by atoms with E-state index in [9.17, 15) is 0 Å². The maximum atomic E-state index is 4.44. The van der Waals surface area contributed by atoms with Crippen molar-refractivity contribution >= 4 is 35.8 Å². The molecule has 0 aliphatic heterocycles. The van der Waals surface area contributed by atoms with Crippen LogP contribution in [-0.2, 0) is 6.54 Å². The number of halogens is 1. The van der Waals surface area contributed by atoms with Crippen molar-refractivity contribution in [2.45, 2.75) is 46.2 Å². The van der Waals surface area contributed by atoms with Crippen molar-refractivity contribution in [2.75, 3.05) is 45.7 Å². The van der Waals surface area contributed by atoms with Gasteiger partial charge in [-0.05, 0) is 45.5 Å². The van der Waals surface area contributed by atoms with Crippen LogP contribution >= 0.6 is 24.0 Å². The quantitative estimate of drug-likeness (QED) is 0.309. The summed E-state index contributed by atoms with van der Waals surface area (Å²) in [6.45, 7) is 10.8. The Bertz CT molecular complexity index is 517. The van der Waals surface area contributed by atoms with Crippen molar-refractivity contribution in [3.63, 3.8) is 0 Å². The van der Waals surface area contributed by atoms with Crippen LogP contribution in [0.15, 0.2) is 23.3 Å². The minimum absolute atomic E-state index is 0. The number of anilines is 1. The van der Waals surface area contributed by atoms with E-state index in [1.54, 1.807) is 0 Å². The molecule has 0 aliphatic carbocycles. The first-order valence-electron chi connectivity index (χ1n) is 9.32. The molecule has 1 aromatic heterocycles. The second-order valence-corrected chi connectivity index (χ2v) is 6.52. The molecule has 0 bridgehead atoms. The van der Waals surface area contributed by atoms with Crippen LogP contribution in [0, 0.1) is 0 Å². The van der Waals surface area contributed by atoms with Crippen LogP contribution in [0.1, 0.15) is 39.2 Å². The van der Waals surface area contributed by atoms with Crippen molar-refractivity contribution < 1.29 is 0 Å². The summed E-state index contributed by atoms with van der Waals surface area (Å²) >= 11 is 0. The molecule has 1 heterocycles. The Balaban J connectivity index is 0.00000625. The Hall–Kier alpha value is -1.09. The molecule has 1 atom stereocenters. The molecule has 0 aromatic carbocycles. The minimum Gasteiger partial charge on any atom is -0.362 e. The number of aliphatic imine (C=N–C) groups is 1. The van der Waals surface area contributed by atoms with E-state index in [1.165, 1.54) is 6.42 Å². The lowest BCUT2D eigenvalue weighted by Crippen LogP contribution is -2.42. The van der Waals surface area contributed by atoms with Crippen LogP contribution in [0.3, 0.4) is 0 Å². The summed E-state index contributed by atoms with van der Waals surface area (Å²) in [6.07, 6.45) is 4.15. The number of guanidine groups is 1. The zero-order chi connectivity index (χ0) is 18.7. The van der Waals surface area contributed by atoms with Gasteiger partial charge in [-0.2, -0.15) is 0 Å². The van der Waals surface area contributed by atoms with Gasteiger partial charge in [0.1, 0.15) is 5.82 Å². The van der Waals surface area contributed by atoms with Gasteiger partial charge in [-0.15, -0.1) is 24.0 Å². The van der Waals surface area contributed by atoms with Gasteiger partial charge in [-0.1, -0.05) is 19.9 Å². The van der Waals surface area contributed by atoms with Crippen molar-refractivity contribution in [1.29, 1.82) is 0 Å². The summed E-state index contributed by atoms with van der Waals surface area (Å²) < 4.78 is 0. The average Bonchev–Trinajstić information content (AvgIpc) is 2.62. The maximum Gasteiger partial charge on any atom is 0.191 e. The van der Waals surface area contributed by atoms with E-state index in [4.69, 9.17) is 0 Å². The summed E-state index contributed by atoms with van der Waals surface area (Å²) in [5.41, 5.74) is 1.16. The second-order valence-electron chi connectivity index (χ2n) is 6.52. The highest BCUT2D eigenvalue weighted by Gasteiger charge is 2.09. The van der Waals surface area contributed by atoms with Crippen LogP contribution < -0.4 is 15.5 Å². The van der Waals surface area contributed by atoms with Crippen molar-refractivity contribution in [3.05, 3.63) is 23.9 Å². The molecule has 1 aromatic rings. The first kappa shape index (κ1) is 24.9. The van der Waals surface area contributed by atoms with E-state index in [-0.39, 0.29) is 24.0 Å². The number of nitrogens with one attached hydrogen (secondary N) is 2. The average molecular weight is 476 g/mol. The molecule has 0 saturated heterocycles. The smallest absolute Gasteiger partial charge is 0.191 e. The van der Waals surface area contributed by atoms with E-state index in [2.05, 4.69) is 52.3 Å². The van der Waals surface area contributed by atoms with Crippen LogP contribution in [-0.4, -0.2) is 62.7 Å². The molecule has 1 unspecified atom stereocenters. The van der Waals surface area contributed by atoms with Crippen molar-refractivity contribution in [2.24, 2.45) is 4.99 Å². The standard InChI is InChI=1S/C19H36N6.HI/c1-7-25(8-2)14-10-11-16(3)23-19(20-4)22-15-17-12-9-13-21-18(17)24(5)6;/h9,12-13,16H,7-8,10-11,14-15H2,1-6H3,(H2,20,22,23);1H. The normalized spacial score (nSPS) is 12.5. The van der Waals surface area contributed by atoms with Gasteiger partial charge in [-0.25, -0.2) is 4.98 Å². The summed E-state index contributed by atoms with van der Waals surface area (Å²) in [5.74, 6) is 1.82. The number of hydrogen-bond donors (Lipinski definition) is 2. The first-order chi connectivity index (χ1) is 12.0. The third-order valence-electron chi connectivity index (χ3n) is 4.35. The van der Waals surface area contributed by atoms with E-state index < -0.39 is 0 Å². The largest absolute Gasteiger partial charge is 0.362 e. The van der Waals surface area contributed by atoms with E-state index in [1.807, 2.05) is 38.3 Å². The molecule has 6 nitrogen and oxygen atoms in total. The summed E-state index contributed by atoms with van der Waals surface area (Å²) in [7, 11) is 5.84. The van der Waals surface area contributed by atoms with Gasteiger partial charge in [0.25, 0.3) is 0 Å². The van der Waals surface area contributed by atoms with Gasteiger partial charge in [-0.3, -0.25) is 4.99 Å². The molecular formula is C19H37IN6. The van der Waals surface area contributed by atoms with Crippen molar-refractivity contribution in [3.8, 4) is 0 Å². The topological polar surface area (TPSA) is 55.8 Å². The number of nitrogens with zero attached hydrogens (tertiary/aromatic N) is 4. The summed E-state index contributed by atoms with van der Waals surface area (Å²) in [4.78, 5) is 13.3. The van der Waals surface area contributed by atoms with Crippen LogP contribution in [0.5, 0.6) is 0 Å². The maximum absolute atomic E-state index is 4.44. The molecule has 26 heavy (non-hydrogen) atoms. The molecule has 150 valence electrons. The Morgan fingerprint density at radius 3 is 2.54 bits per heavy atom. The molecule has 2 N–H and O–H groups in total.